The van der Waals surface area contributed by atoms with Crippen LogP contribution in [0.2, 0.25) is 0 Å². The first kappa shape index (κ1) is 20.4. The molecule has 1 unspecified atom stereocenters. The van der Waals surface area contributed by atoms with Gasteiger partial charge in [-0.05, 0) is 35.4 Å². The minimum absolute atomic E-state index is 0.474. The van der Waals surface area contributed by atoms with Crippen LogP contribution in [-0.2, 0) is 6.18 Å². The van der Waals surface area contributed by atoms with Gasteiger partial charge in [0.2, 0.25) is 0 Å². The number of aromatic nitrogens is 1. The van der Waals surface area contributed by atoms with Gasteiger partial charge in [0.05, 0.1) is 17.3 Å². The van der Waals surface area contributed by atoms with E-state index in [0.29, 0.717) is 11.3 Å². The fourth-order valence-electron chi connectivity index (χ4n) is 3.39. The number of hydrogen-bond donors (Lipinski definition) is 2. The molecule has 1 heterocycles. The van der Waals surface area contributed by atoms with Gasteiger partial charge in [0.15, 0.2) is 0 Å². The van der Waals surface area contributed by atoms with E-state index in [9.17, 15) is 18.0 Å². The van der Waals surface area contributed by atoms with Crippen molar-refractivity contribution in [2.75, 3.05) is 5.32 Å². The van der Waals surface area contributed by atoms with Crippen molar-refractivity contribution in [3.05, 3.63) is 108 Å². The zero-order valence-electron chi connectivity index (χ0n) is 16.2. The van der Waals surface area contributed by atoms with Crippen LogP contribution in [0.15, 0.2) is 91.3 Å². The van der Waals surface area contributed by atoms with Crippen LogP contribution in [0.4, 0.5) is 23.7 Å². The number of carbonyl (C=O) groups excluding carboxylic acids is 1. The van der Waals surface area contributed by atoms with Crippen molar-refractivity contribution in [3.8, 4) is 0 Å². The summed E-state index contributed by atoms with van der Waals surface area (Å²) in [6.07, 6.45) is -1.08. The molecule has 4 nitrogen and oxygen atoms in total. The van der Waals surface area contributed by atoms with Crippen LogP contribution < -0.4 is 10.6 Å². The highest BCUT2D eigenvalue weighted by Gasteiger charge is 2.30. The standard InChI is InChI=1S/C24H18F3N3O/c25-24(26,27)19-11-9-17(10-12-19)22(16-5-2-1-3-6-16)30-23(31)29-21-8-4-7-18-15-28-14-13-20(18)21/h1-15,22H,(H2,29,30,31). The number of urea groups is 1. The van der Waals surface area contributed by atoms with Gasteiger partial charge in [0.1, 0.15) is 0 Å². The van der Waals surface area contributed by atoms with E-state index < -0.39 is 23.8 Å². The number of rotatable bonds is 4. The average molecular weight is 421 g/mol. The molecule has 4 rings (SSSR count). The number of alkyl halides is 3. The van der Waals surface area contributed by atoms with E-state index in [1.807, 2.05) is 42.5 Å². The largest absolute Gasteiger partial charge is 0.416 e. The molecular weight excluding hydrogens is 403 g/mol. The number of carbonyl (C=O) groups is 1. The van der Waals surface area contributed by atoms with Crippen molar-refractivity contribution >= 4 is 22.5 Å². The molecule has 1 aromatic heterocycles. The normalized spacial score (nSPS) is 12.4. The predicted octanol–water partition coefficient (Wildman–Crippen LogP) is 6.16. The maximum Gasteiger partial charge on any atom is 0.416 e. The Kier molecular flexibility index (Phi) is 5.58. The lowest BCUT2D eigenvalue weighted by Gasteiger charge is -2.21. The van der Waals surface area contributed by atoms with E-state index in [-0.39, 0.29) is 0 Å². The first-order chi connectivity index (χ1) is 14.9. The number of amides is 2. The first-order valence-electron chi connectivity index (χ1n) is 9.54. The molecule has 3 aromatic carbocycles. The highest BCUT2D eigenvalue weighted by atomic mass is 19.4. The monoisotopic (exact) mass is 421 g/mol. The zero-order chi connectivity index (χ0) is 21.8. The Labute approximate surface area is 176 Å². The van der Waals surface area contributed by atoms with Crippen LogP contribution in [0.25, 0.3) is 10.8 Å². The summed E-state index contributed by atoms with van der Waals surface area (Å²) in [7, 11) is 0. The summed E-state index contributed by atoms with van der Waals surface area (Å²) in [6, 6.07) is 20.0. The van der Waals surface area contributed by atoms with Gasteiger partial charge in [-0.3, -0.25) is 4.98 Å². The molecule has 0 radical (unpaired) electrons. The van der Waals surface area contributed by atoms with E-state index in [1.54, 1.807) is 24.5 Å². The molecule has 0 fully saturated rings. The van der Waals surface area contributed by atoms with Crippen molar-refractivity contribution in [1.82, 2.24) is 10.3 Å². The Morgan fingerprint density at radius 3 is 2.26 bits per heavy atom. The Hall–Kier alpha value is -3.87. The van der Waals surface area contributed by atoms with E-state index >= 15 is 0 Å². The molecule has 0 saturated carbocycles. The van der Waals surface area contributed by atoms with Gasteiger partial charge in [-0.25, -0.2) is 4.79 Å². The molecule has 7 heteroatoms. The number of fused-ring (bicyclic) bond motifs is 1. The Morgan fingerprint density at radius 1 is 0.839 bits per heavy atom. The van der Waals surface area contributed by atoms with Gasteiger partial charge in [-0.1, -0.05) is 54.6 Å². The van der Waals surface area contributed by atoms with Crippen LogP contribution in [0.1, 0.15) is 22.7 Å². The number of pyridine rings is 1. The second-order valence-electron chi connectivity index (χ2n) is 6.96. The summed E-state index contributed by atoms with van der Waals surface area (Å²) >= 11 is 0. The van der Waals surface area contributed by atoms with Gasteiger partial charge in [-0.15, -0.1) is 0 Å². The molecule has 1 atom stereocenters. The number of benzene rings is 3. The molecule has 31 heavy (non-hydrogen) atoms. The molecule has 0 bridgehead atoms. The van der Waals surface area contributed by atoms with Crippen molar-refractivity contribution in [2.24, 2.45) is 0 Å². The molecule has 0 saturated heterocycles. The van der Waals surface area contributed by atoms with E-state index in [0.717, 1.165) is 28.5 Å². The van der Waals surface area contributed by atoms with Gasteiger partial charge >= 0.3 is 12.2 Å². The summed E-state index contributed by atoms with van der Waals surface area (Å²) in [5.74, 6) is 0. The third-order valence-electron chi connectivity index (χ3n) is 4.91. The summed E-state index contributed by atoms with van der Waals surface area (Å²) in [5.41, 5.74) is 1.16. The topological polar surface area (TPSA) is 54.0 Å². The minimum atomic E-state index is -4.42. The van der Waals surface area contributed by atoms with Crippen LogP contribution in [0.5, 0.6) is 0 Å². The van der Waals surface area contributed by atoms with Gasteiger partial charge in [0, 0.05) is 23.2 Å². The predicted molar refractivity (Wildman–Crippen MR) is 114 cm³/mol. The molecule has 4 aromatic rings. The number of hydrogen-bond acceptors (Lipinski definition) is 2. The highest BCUT2D eigenvalue weighted by Crippen LogP contribution is 2.31. The van der Waals surface area contributed by atoms with E-state index in [1.165, 1.54) is 12.1 Å². The van der Waals surface area contributed by atoms with Crippen LogP contribution in [0.3, 0.4) is 0 Å². The summed E-state index contributed by atoms with van der Waals surface area (Å²) in [6.45, 7) is 0. The minimum Gasteiger partial charge on any atom is -0.327 e. The smallest absolute Gasteiger partial charge is 0.327 e. The summed E-state index contributed by atoms with van der Waals surface area (Å²) in [5, 5.41) is 7.42. The van der Waals surface area contributed by atoms with Gasteiger partial charge in [-0.2, -0.15) is 13.2 Å². The molecule has 0 aliphatic heterocycles. The zero-order valence-corrected chi connectivity index (χ0v) is 16.2. The summed E-state index contributed by atoms with van der Waals surface area (Å²) < 4.78 is 38.8. The second kappa shape index (κ2) is 8.47. The molecular formula is C24H18F3N3O. The molecule has 0 aliphatic rings. The Morgan fingerprint density at radius 2 is 1.55 bits per heavy atom. The Balaban J connectivity index is 1.61. The second-order valence-corrected chi connectivity index (χ2v) is 6.96. The number of halogens is 3. The first-order valence-corrected chi connectivity index (χ1v) is 9.54. The van der Waals surface area contributed by atoms with Crippen LogP contribution in [-0.4, -0.2) is 11.0 Å². The van der Waals surface area contributed by atoms with Gasteiger partial charge < -0.3 is 10.6 Å². The van der Waals surface area contributed by atoms with Crippen LogP contribution in [0, 0.1) is 0 Å². The lowest BCUT2D eigenvalue weighted by Crippen LogP contribution is -2.33. The lowest BCUT2D eigenvalue weighted by atomic mass is 9.97. The quantitative estimate of drug-likeness (QED) is 0.414. The molecule has 0 spiro atoms. The fraction of sp³-hybridized carbons (Fsp3) is 0.0833. The molecule has 0 aliphatic carbocycles. The third kappa shape index (κ3) is 4.66. The van der Waals surface area contributed by atoms with E-state index in [2.05, 4.69) is 15.6 Å². The summed E-state index contributed by atoms with van der Waals surface area (Å²) in [4.78, 5) is 16.9. The van der Waals surface area contributed by atoms with Crippen molar-refractivity contribution < 1.29 is 18.0 Å². The number of nitrogens with one attached hydrogen (secondary N) is 2. The Bertz CT molecular complexity index is 1190. The maximum absolute atomic E-state index is 12.9. The average Bonchev–Trinajstić information content (AvgIpc) is 2.78. The molecule has 2 amide bonds. The van der Waals surface area contributed by atoms with Crippen molar-refractivity contribution in [2.45, 2.75) is 12.2 Å². The maximum atomic E-state index is 12.9. The molecule has 156 valence electrons. The lowest BCUT2D eigenvalue weighted by molar-refractivity contribution is -0.137. The highest BCUT2D eigenvalue weighted by molar-refractivity contribution is 6.01. The van der Waals surface area contributed by atoms with Crippen LogP contribution >= 0.6 is 0 Å². The van der Waals surface area contributed by atoms with Gasteiger partial charge in [0.25, 0.3) is 0 Å². The number of anilines is 1. The molecule has 2 N–H and O–H groups in total. The fourth-order valence-corrected chi connectivity index (χ4v) is 3.39. The third-order valence-corrected chi connectivity index (χ3v) is 4.91. The number of nitrogens with zero attached hydrogens (tertiary/aromatic N) is 1. The van der Waals surface area contributed by atoms with E-state index in [4.69, 9.17) is 0 Å². The van der Waals surface area contributed by atoms with Crippen molar-refractivity contribution in [3.63, 3.8) is 0 Å². The SMILES string of the molecule is O=C(Nc1cccc2cnccc12)NC(c1ccccc1)c1ccc(C(F)(F)F)cc1. The van der Waals surface area contributed by atoms with Crippen molar-refractivity contribution in [1.29, 1.82) is 0 Å².